The van der Waals surface area contributed by atoms with E-state index in [9.17, 15) is 0 Å². The Hall–Kier alpha value is -1.30. The van der Waals surface area contributed by atoms with E-state index in [1.807, 2.05) is 36.4 Å². The van der Waals surface area contributed by atoms with Crippen molar-refractivity contribution < 1.29 is 0 Å². The summed E-state index contributed by atoms with van der Waals surface area (Å²) in [4.78, 5) is 0. The Balaban J connectivity index is 2.94. The first-order valence-electron chi connectivity index (χ1n) is 3.54. The van der Waals surface area contributed by atoms with Crippen LogP contribution in [0.3, 0.4) is 0 Å². The lowest BCUT2D eigenvalue weighted by Crippen LogP contribution is -1.75. The quantitative estimate of drug-likeness (QED) is 0.558. The molecule has 1 aromatic carbocycles. The van der Waals surface area contributed by atoms with Crippen LogP contribution >= 0.6 is 0 Å². The molecule has 0 saturated heterocycles. The summed E-state index contributed by atoms with van der Waals surface area (Å²) in [6.45, 7) is 7.50. The molecule has 1 radical (unpaired) electrons. The van der Waals surface area contributed by atoms with Crippen LogP contribution in [0, 0.1) is 6.92 Å². The van der Waals surface area contributed by atoms with Crippen molar-refractivity contribution in [2.75, 3.05) is 0 Å². The van der Waals surface area contributed by atoms with Crippen LogP contribution in [0.25, 0.3) is 5.57 Å². The van der Waals surface area contributed by atoms with Gasteiger partial charge in [-0.25, -0.2) is 0 Å². The highest BCUT2D eigenvalue weighted by Crippen LogP contribution is 2.11. The second-order valence-corrected chi connectivity index (χ2v) is 2.29. The molecule has 0 atom stereocenters. The molecule has 1 aromatic rings. The molecule has 0 spiro atoms. The molecule has 11 heavy (non-hydrogen) atoms. The maximum absolute atomic E-state index is 3.89. The average Bonchev–Trinajstić information content (AvgIpc) is 2.07. The fraction of sp³-hybridized carbons (Fsp3) is 0. The van der Waals surface area contributed by atoms with Gasteiger partial charge in [0.2, 0.25) is 0 Å². The van der Waals surface area contributed by atoms with Crippen LogP contribution in [0.5, 0.6) is 0 Å². The van der Waals surface area contributed by atoms with Crippen molar-refractivity contribution >= 4 is 5.57 Å². The van der Waals surface area contributed by atoms with E-state index in [4.69, 9.17) is 0 Å². The first-order valence-corrected chi connectivity index (χ1v) is 3.54. The van der Waals surface area contributed by atoms with Gasteiger partial charge in [-0.1, -0.05) is 49.1 Å². The van der Waals surface area contributed by atoms with Crippen molar-refractivity contribution in [2.45, 2.75) is 0 Å². The molecule has 0 heteroatoms. The predicted octanol–water partition coefficient (Wildman–Crippen LogP) is 3.09. The van der Waals surface area contributed by atoms with Crippen LogP contribution in [-0.4, -0.2) is 0 Å². The minimum Gasteiger partial charge on any atom is -0.0991 e. The maximum Gasteiger partial charge on any atom is -0.0224 e. The van der Waals surface area contributed by atoms with Gasteiger partial charge >= 0.3 is 0 Å². The molecular formula is C11H11. The van der Waals surface area contributed by atoms with Gasteiger partial charge in [0, 0.05) is 0 Å². The van der Waals surface area contributed by atoms with Gasteiger partial charge in [-0.15, -0.1) is 0 Å². The molecule has 0 amide bonds. The summed E-state index contributed by atoms with van der Waals surface area (Å²) in [5, 5.41) is 0. The first kappa shape index (κ1) is 7.80. The highest BCUT2D eigenvalue weighted by Gasteiger charge is 1.89. The van der Waals surface area contributed by atoms with Crippen LogP contribution in [0.15, 0.2) is 49.1 Å². The standard InChI is InChI=1S/C11H11/c1-3-7-10(2)11-8-5-4-6-9-11/h3-9H,1-2H2/b10-7+. The van der Waals surface area contributed by atoms with Crippen LogP contribution < -0.4 is 0 Å². The third-order valence-corrected chi connectivity index (χ3v) is 1.46. The van der Waals surface area contributed by atoms with Gasteiger partial charge < -0.3 is 0 Å². The number of allylic oxidation sites excluding steroid dienone is 3. The lowest BCUT2D eigenvalue weighted by molar-refractivity contribution is 1.62. The van der Waals surface area contributed by atoms with E-state index in [0.29, 0.717) is 0 Å². The molecule has 0 unspecified atom stereocenters. The van der Waals surface area contributed by atoms with Crippen molar-refractivity contribution in [1.29, 1.82) is 0 Å². The van der Waals surface area contributed by atoms with E-state index in [1.165, 1.54) is 0 Å². The van der Waals surface area contributed by atoms with Gasteiger partial charge in [-0.05, 0) is 18.1 Å². The molecule has 55 valence electrons. The van der Waals surface area contributed by atoms with E-state index in [2.05, 4.69) is 13.5 Å². The fourth-order valence-electron chi connectivity index (χ4n) is 0.891. The van der Waals surface area contributed by atoms with Crippen LogP contribution in [0.4, 0.5) is 0 Å². The topological polar surface area (TPSA) is 0 Å². The Labute approximate surface area is 67.9 Å². The zero-order chi connectivity index (χ0) is 8.10. The summed E-state index contributed by atoms with van der Waals surface area (Å²) >= 11 is 0. The van der Waals surface area contributed by atoms with E-state index < -0.39 is 0 Å². The number of benzene rings is 1. The summed E-state index contributed by atoms with van der Waals surface area (Å²) in [6.07, 6.45) is 3.64. The number of hydrogen-bond donors (Lipinski definition) is 0. The van der Waals surface area contributed by atoms with Gasteiger partial charge in [-0.2, -0.15) is 0 Å². The lowest BCUT2D eigenvalue weighted by Gasteiger charge is -1.97. The zero-order valence-electron chi connectivity index (χ0n) is 6.46. The lowest BCUT2D eigenvalue weighted by atomic mass is 10.1. The van der Waals surface area contributed by atoms with E-state index >= 15 is 0 Å². The predicted molar refractivity (Wildman–Crippen MR) is 50.0 cm³/mol. The van der Waals surface area contributed by atoms with Crippen LogP contribution in [-0.2, 0) is 0 Å². The Morgan fingerprint density at radius 3 is 2.36 bits per heavy atom. The Kier molecular flexibility index (Phi) is 2.67. The molecule has 0 aliphatic heterocycles. The first-order chi connectivity index (χ1) is 5.34. The largest absolute Gasteiger partial charge is 0.0991 e. The van der Waals surface area contributed by atoms with Gasteiger partial charge in [0.1, 0.15) is 0 Å². The van der Waals surface area contributed by atoms with Crippen molar-refractivity contribution in [2.24, 2.45) is 0 Å². The molecule has 0 aliphatic rings. The molecular weight excluding hydrogens is 132 g/mol. The van der Waals surface area contributed by atoms with Gasteiger partial charge in [0.15, 0.2) is 0 Å². The molecule has 0 N–H and O–H groups in total. The second kappa shape index (κ2) is 3.77. The molecule has 0 heterocycles. The third kappa shape index (κ3) is 2.08. The SMILES string of the molecule is [CH2]/C(=C\C=C)c1ccccc1. The average molecular weight is 143 g/mol. The smallest absolute Gasteiger partial charge is 0.0224 e. The van der Waals surface area contributed by atoms with Crippen molar-refractivity contribution in [3.8, 4) is 0 Å². The highest BCUT2D eigenvalue weighted by atomic mass is 13.9. The summed E-state index contributed by atoms with van der Waals surface area (Å²) in [5.41, 5.74) is 2.15. The molecule has 0 saturated carbocycles. The van der Waals surface area contributed by atoms with E-state index in [0.717, 1.165) is 11.1 Å². The van der Waals surface area contributed by atoms with E-state index in [1.54, 1.807) is 6.08 Å². The van der Waals surface area contributed by atoms with Crippen molar-refractivity contribution in [1.82, 2.24) is 0 Å². The highest BCUT2D eigenvalue weighted by molar-refractivity contribution is 5.69. The van der Waals surface area contributed by atoms with Crippen molar-refractivity contribution in [3.05, 3.63) is 61.5 Å². The zero-order valence-corrected chi connectivity index (χ0v) is 6.46. The third-order valence-electron chi connectivity index (χ3n) is 1.46. The Bertz CT molecular complexity index is 255. The van der Waals surface area contributed by atoms with Crippen molar-refractivity contribution in [3.63, 3.8) is 0 Å². The van der Waals surface area contributed by atoms with Gasteiger partial charge in [0.25, 0.3) is 0 Å². The minimum atomic E-state index is 1.00. The summed E-state index contributed by atoms with van der Waals surface area (Å²) < 4.78 is 0. The monoisotopic (exact) mass is 143 g/mol. The Morgan fingerprint density at radius 1 is 1.18 bits per heavy atom. The molecule has 0 fully saturated rings. The van der Waals surface area contributed by atoms with E-state index in [-0.39, 0.29) is 0 Å². The normalized spacial score (nSPS) is 11.2. The summed E-state index contributed by atoms with van der Waals surface area (Å²) in [6, 6.07) is 10.0. The molecule has 0 bridgehead atoms. The number of rotatable bonds is 2. The summed E-state index contributed by atoms with van der Waals surface area (Å²) in [5.74, 6) is 0. The Morgan fingerprint density at radius 2 is 1.82 bits per heavy atom. The number of hydrogen-bond acceptors (Lipinski definition) is 0. The summed E-state index contributed by atoms with van der Waals surface area (Å²) in [7, 11) is 0. The van der Waals surface area contributed by atoms with Gasteiger partial charge in [0.05, 0.1) is 0 Å². The van der Waals surface area contributed by atoms with Gasteiger partial charge in [-0.3, -0.25) is 0 Å². The van der Waals surface area contributed by atoms with Crippen LogP contribution in [0.1, 0.15) is 5.56 Å². The molecule has 1 rings (SSSR count). The second-order valence-electron chi connectivity index (χ2n) is 2.29. The maximum atomic E-state index is 3.89. The minimum absolute atomic E-state index is 1.00. The van der Waals surface area contributed by atoms with Crippen LogP contribution in [0.2, 0.25) is 0 Å². The molecule has 0 aliphatic carbocycles. The fourth-order valence-corrected chi connectivity index (χ4v) is 0.891. The molecule has 0 nitrogen and oxygen atoms in total. The molecule has 0 aromatic heterocycles.